The molecule has 0 atom stereocenters. The second-order valence-electron chi connectivity index (χ2n) is 5.64. The van der Waals surface area contributed by atoms with Gasteiger partial charge in [-0.25, -0.2) is 4.79 Å². The van der Waals surface area contributed by atoms with Crippen LogP contribution in [-0.4, -0.2) is 47.1 Å². The first kappa shape index (κ1) is 16.8. The summed E-state index contributed by atoms with van der Waals surface area (Å²) in [5.41, 5.74) is 0.116. The summed E-state index contributed by atoms with van der Waals surface area (Å²) in [5, 5.41) is 11.6. The number of aliphatic carboxylic acids is 1. The number of likely N-dealkylation sites (tertiary alicyclic amines) is 1. The van der Waals surface area contributed by atoms with Crippen molar-refractivity contribution in [3.05, 3.63) is 35.9 Å². The van der Waals surface area contributed by atoms with Crippen LogP contribution in [0.25, 0.3) is 0 Å². The molecule has 0 radical (unpaired) electrons. The topological polar surface area (TPSA) is 95.9 Å². The van der Waals surface area contributed by atoms with Gasteiger partial charge in [0.2, 0.25) is 6.41 Å². The van der Waals surface area contributed by atoms with Crippen molar-refractivity contribution in [3.8, 4) is 0 Å². The summed E-state index contributed by atoms with van der Waals surface area (Å²) in [6, 6.07) is 9.37. The van der Waals surface area contributed by atoms with E-state index in [9.17, 15) is 14.4 Å². The highest BCUT2D eigenvalue weighted by molar-refractivity contribution is 5.70. The Kier molecular flexibility index (Phi) is 5.56. The van der Waals surface area contributed by atoms with E-state index >= 15 is 0 Å². The lowest BCUT2D eigenvalue weighted by atomic mass is 9.84. The van der Waals surface area contributed by atoms with Crippen LogP contribution in [0.4, 0.5) is 4.79 Å². The normalized spacial score (nSPS) is 16.4. The van der Waals surface area contributed by atoms with E-state index in [1.54, 1.807) is 0 Å². The van der Waals surface area contributed by atoms with Crippen molar-refractivity contribution in [1.29, 1.82) is 0 Å². The molecule has 1 saturated heterocycles. The van der Waals surface area contributed by atoms with Crippen molar-refractivity contribution in [2.24, 2.45) is 0 Å². The minimum Gasteiger partial charge on any atom is -0.481 e. The molecular formula is C16H20N2O5. The number of amides is 2. The van der Waals surface area contributed by atoms with E-state index < -0.39 is 17.6 Å². The van der Waals surface area contributed by atoms with Crippen LogP contribution in [0.15, 0.2) is 30.3 Å². The molecule has 1 heterocycles. The predicted molar refractivity (Wildman–Crippen MR) is 81.6 cm³/mol. The van der Waals surface area contributed by atoms with Gasteiger partial charge in [-0.05, 0) is 18.4 Å². The Morgan fingerprint density at radius 2 is 1.91 bits per heavy atom. The minimum atomic E-state index is -0.973. The van der Waals surface area contributed by atoms with Gasteiger partial charge in [0.25, 0.3) is 0 Å². The summed E-state index contributed by atoms with van der Waals surface area (Å²) in [5.74, 6) is -0.973. The number of ether oxygens (including phenoxy) is 1. The van der Waals surface area contributed by atoms with Crippen LogP contribution in [0, 0.1) is 0 Å². The van der Waals surface area contributed by atoms with Crippen molar-refractivity contribution in [1.82, 2.24) is 10.2 Å². The first-order valence-electron chi connectivity index (χ1n) is 7.43. The summed E-state index contributed by atoms with van der Waals surface area (Å²) in [6.07, 6.45) is 0.714. The fourth-order valence-electron chi connectivity index (χ4n) is 2.71. The number of benzene rings is 1. The third-order valence-electron chi connectivity index (χ3n) is 4.04. The molecule has 0 bridgehead atoms. The van der Waals surface area contributed by atoms with Crippen molar-refractivity contribution in [2.75, 3.05) is 13.1 Å². The molecule has 2 N–H and O–H groups in total. The summed E-state index contributed by atoms with van der Waals surface area (Å²) in [7, 11) is 0. The summed E-state index contributed by atoms with van der Waals surface area (Å²) < 4.78 is 5.26. The highest BCUT2D eigenvalue weighted by Gasteiger charge is 2.37. The van der Waals surface area contributed by atoms with Gasteiger partial charge in [-0.3, -0.25) is 9.59 Å². The molecule has 1 aromatic rings. The molecule has 0 spiro atoms. The molecule has 1 aliphatic rings. The van der Waals surface area contributed by atoms with Crippen LogP contribution in [0.3, 0.4) is 0 Å². The number of hydrogen-bond donors (Lipinski definition) is 2. The average Bonchev–Trinajstić information content (AvgIpc) is 2.54. The third kappa shape index (κ3) is 4.70. The first-order valence-corrected chi connectivity index (χ1v) is 7.43. The van der Waals surface area contributed by atoms with E-state index in [0.29, 0.717) is 32.3 Å². The van der Waals surface area contributed by atoms with Crippen LogP contribution in [-0.2, 0) is 20.9 Å². The maximum atomic E-state index is 12.1. The first-order chi connectivity index (χ1) is 11.0. The summed E-state index contributed by atoms with van der Waals surface area (Å²) >= 11 is 0. The quantitative estimate of drug-likeness (QED) is 0.772. The lowest BCUT2D eigenvalue weighted by Crippen LogP contribution is -2.55. The molecule has 0 aliphatic carbocycles. The lowest BCUT2D eigenvalue weighted by Gasteiger charge is -2.40. The molecular weight excluding hydrogens is 300 g/mol. The van der Waals surface area contributed by atoms with Gasteiger partial charge in [0, 0.05) is 13.1 Å². The molecule has 23 heavy (non-hydrogen) atoms. The van der Waals surface area contributed by atoms with Gasteiger partial charge in [0.05, 0.1) is 12.0 Å². The van der Waals surface area contributed by atoms with E-state index in [-0.39, 0.29) is 13.0 Å². The Hall–Kier alpha value is -2.57. The monoisotopic (exact) mass is 320 g/mol. The smallest absolute Gasteiger partial charge is 0.410 e. The zero-order valence-corrected chi connectivity index (χ0v) is 12.7. The van der Waals surface area contributed by atoms with Gasteiger partial charge in [-0.15, -0.1) is 0 Å². The maximum Gasteiger partial charge on any atom is 0.410 e. The molecule has 1 aliphatic heterocycles. The van der Waals surface area contributed by atoms with E-state index in [1.165, 1.54) is 4.90 Å². The van der Waals surface area contributed by atoms with E-state index in [4.69, 9.17) is 9.84 Å². The van der Waals surface area contributed by atoms with Crippen LogP contribution >= 0.6 is 0 Å². The highest BCUT2D eigenvalue weighted by atomic mass is 16.6. The molecule has 1 fully saturated rings. The van der Waals surface area contributed by atoms with Crippen molar-refractivity contribution in [3.63, 3.8) is 0 Å². The molecule has 2 rings (SSSR count). The molecule has 124 valence electrons. The molecule has 0 saturated carbocycles. The van der Waals surface area contributed by atoms with E-state index in [1.807, 2.05) is 30.3 Å². The number of rotatable bonds is 6. The van der Waals surface area contributed by atoms with Crippen LogP contribution in [0.2, 0.25) is 0 Å². The zero-order chi connectivity index (χ0) is 16.7. The average molecular weight is 320 g/mol. The highest BCUT2D eigenvalue weighted by Crippen LogP contribution is 2.26. The van der Waals surface area contributed by atoms with Crippen molar-refractivity contribution < 1.29 is 24.2 Å². The number of carboxylic acids is 1. The minimum absolute atomic E-state index is 0.154. The Morgan fingerprint density at radius 1 is 1.26 bits per heavy atom. The SMILES string of the molecule is O=CNC1(CC(=O)O)CCN(C(=O)OCc2ccccc2)CC1. The third-order valence-corrected chi connectivity index (χ3v) is 4.04. The van der Waals surface area contributed by atoms with Crippen molar-refractivity contribution in [2.45, 2.75) is 31.4 Å². The Labute approximate surface area is 134 Å². The summed E-state index contributed by atoms with van der Waals surface area (Å²) in [6.45, 7) is 0.895. The second-order valence-corrected chi connectivity index (χ2v) is 5.64. The van der Waals surface area contributed by atoms with E-state index in [2.05, 4.69) is 5.32 Å². The Balaban J connectivity index is 1.86. The Bertz CT molecular complexity index is 553. The zero-order valence-electron chi connectivity index (χ0n) is 12.7. The number of hydrogen-bond acceptors (Lipinski definition) is 4. The van der Waals surface area contributed by atoms with Gasteiger partial charge >= 0.3 is 12.1 Å². The predicted octanol–water partition coefficient (Wildman–Crippen LogP) is 1.38. The Morgan fingerprint density at radius 3 is 2.48 bits per heavy atom. The number of nitrogens with zero attached hydrogens (tertiary/aromatic N) is 1. The number of piperidine rings is 1. The molecule has 7 nitrogen and oxygen atoms in total. The molecule has 1 aromatic carbocycles. The van der Waals surface area contributed by atoms with Gasteiger partial charge in [0.1, 0.15) is 6.61 Å². The van der Waals surface area contributed by atoms with Gasteiger partial charge in [0.15, 0.2) is 0 Å². The maximum absolute atomic E-state index is 12.1. The molecule has 0 unspecified atom stereocenters. The molecule has 0 aromatic heterocycles. The van der Waals surface area contributed by atoms with Gasteiger partial charge < -0.3 is 20.1 Å². The fourth-order valence-corrected chi connectivity index (χ4v) is 2.71. The molecule has 2 amide bonds. The standard InChI is InChI=1S/C16H20N2O5/c19-12-17-16(10-14(20)21)6-8-18(9-7-16)15(22)23-11-13-4-2-1-3-5-13/h1-5,12H,6-11H2,(H,17,19)(H,20,21). The lowest BCUT2D eigenvalue weighted by molar-refractivity contribution is -0.139. The second kappa shape index (κ2) is 7.62. The number of nitrogens with one attached hydrogen (secondary N) is 1. The fraction of sp³-hybridized carbons (Fsp3) is 0.438. The number of carbonyl (C=O) groups is 3. The van der Waals surface area contributed by atoms with Crippen LogP contribution in [0.1, 0.15) is 24.8 Å². The van der Waals surface area contributed by atoms with E-state index in [0.717, 1.165) is 5.56 Å². The number of carboxylic acid groups (broad SMARTS) is 1. The van der Waals surface area contributed by atoms with Crippen molar-refractivity contribution >= 4 is 18.5 Å². The van der Waals surface area contributed by atoms with Crippen LogP contribution < -0.4 is 5.32 Å². The summed E-state index contributed by atoms with van der Waals surface area (Å²) in [4.78, 5) is 35.3. The van der Waals surface area contributed by atoms with Gasteiger partial charge in [-0.2, -0.15) is 0 Å². The van der Waals surface area contributed by atoms with Crippen LogP contribution in [0.5, 0.6) is 0 Å². The largest absolute Gasteiger partial charge is 0.481 e. The van der Waals surface area contributed by atoms with Gasteiger partial charge in [-0.1, -0.05) is 30.3 Å². The number of carbonyl (C=O) groups excluding carboxylic acids is 2. The molecule has 7 heteroatoms.